The van der Waals surface area contributed by atoms with Crippen LogP contribution in [0.3, 0.4) is 0 Å². The number of aromatic nitrogens is 1. The van der Waals surface area contributed by atoms with Crippen molar-refractivity contribution in [3.63, 3.8) is 0 Å². The van der Waals surface area contributed by atoms with E-state index in [1.165, 1.54) is 10.5 Å². The molecule has 0 radical (unpaired) electrons. The molecule has 132 valence electrons. The highest BCUT2D eigenvalue weighted by molar-refractivity contribution is 7.99. The third kappa shape index (κ3) is 3.86. The number of nitrogens with zero attached hydrogens (tertiary/aromatic N) is 1. The maximum absolute atomic E-state index is 12.6. The van der Waals surface area contributed by atoms with Gasteiger partial charge < -0.3 is 5.32 Å². The Bertz CT molecular complexity index is 1090. The molecule has 27 heavy (non-hydrogen) atoms. The van der Waals surface area contributed by atoms with Crippen molar-refractivity contribution in [1.29, 1.82) is 0 Å². The first kappa shape index (κ1) is 17.3. The first-order valence-electron chi connectivity index (χ1n) is 8.69. The Morgan fingerprint density at radius 2 is 1.67 bits per heavy atom. The van der Waals surface area contributed by atoms with Crippen molar-refractivity contribution >= 4 is 34.1 Å². The molecule has 0 aliphatic carbocycles. The zero-order chi connectivity index (χ0) is 18.6. The van der Waals surface area contributed by atoms with Gasteiger partial charge in [0.2, 0.25) is 0 Å². The summed E-state index contributed by atoms with van der Waals surface area (Å²) < 4.78 is 0. The molecule has 4 heteroatoms. The van der Waals surface area contributed by atoms with E-state index in [1.54, 1.807) is 30.1 Å². The Morgan fingerprint density at radius 1 is 0.889 bits per heavy atom. The van der Waals surface area contributed by atoms with Gasteiger partial charge in [-0.05, 0) is 48.7 Å². The first-order valence-corrected chi connectivity index (χ1v) is 9.51. The molecule has 3 nitrogen and oxygen atoms in total. The fourth-order valence-electron chi connectivity index (χ4n) is 2.91. The molecule has 0 unspecified atom stereocenters. The Labute approximate surface area is 162 Å². The molecule has 0 saturated carbocycles. The summed E-state index contributed by atoms with van der Waals surface area (Å²) in [5.41, 5.74) is 2.43. The Kier molecular flexibility index (Phi) is 4.90. The highest BCUT2D eigenvalue weighted by Gasteiger charge is 2.12. The SMILES string of the molecule is Cc1ccc(Sc2cccc3cccc(NC(=O)c4ccccn4)c23)cc1. The number of fused-ring (bicyclic) bond motifs is 1. The second-order valence-corrected chi connectivity index (χ2v) is 7.36. The minimum atomic E-state index is -0.210. The van der Waals surface area contributed by atoms with E-state index in [9.17, 15) is 4.79 Å². The molecular weight excluding hydrogens is 352 g/mol. The van der Waals surface area contributed by atoms with Gasteiger partial charge >= 0.3 is 0 Å². The summed E-state index contributed by atoms with van der Waals surface area (Å²) in [6.45, 7) is 2.08. The molecule has 0 saturated heterocycles. The number of hydrogen-bond acceptors (Lipinski definition) is 3. The van der Waals surface area contributed by atoms with Gasteiger partial charge in [0.05, 0.1) is 5.69 Å². The molecule has 4 rings (SSSR count). The first-order chi connectivity index (χ1) is 13.2. The minimum absolute atomic E-state index is 0.210. The van der Waals surface area contributed by atoms with E-state index in [2.05, 4.69) is 59.7 Å². The van der Waals surface area contributed by atoms with Gasteiger partial charge in [0, 0.05) is 21.4 Å². The number of amides is 1. The quantitative estimate of drug-likeness (QED) is 0.483. The van der Waals surface area contributed by atoms with E-state index >= 15 is 0 Å². The molecule has 4 aromatic rings. The maximum atomic E-state index is 12.6. The van der Waals surface area contributed by atoms with Gasteiger partial charge in [-0.1, -0.05) is 59.8 Å². The van der Waals surface area contributed by atoms with Gasteiger partial charge in [-0.25, -0.2) is 0 Å². The average molecular weight is 370 g/mol. The fourth-order valence-corrected chi connectivity index (χ4v) is 3.92. The Balaban J connectivity index is 1.73. The van der Waals surface area contributed by atoms with Gasteiger partial charge in [-0.2, -0.15) is 0 Å². The molecule has 3 aromatic carbocycles. The predicted octanol–water partition coefficient (Wildman–Crippen LogP) is 5.95. The summed E-state index contributed by atoms with van der Waals surface area (Å²) in [5.74, 6) is -0.210. The van der Waals surface area contributed by atoms with Crippen LogP contribution in [0.2, 0.25) is 0 Å². The van der Waals surface area contributed by atoms with Crippen LogP contribution in [0.15, 0.2) is 94.9 Å². The van der Waals surface area contributed by atoms with Gasteiger partial charge in [-0.15, -0.1) is 0 Å². The number of carbonyl (C=O) groups excluding carboxylic acids is 1. The van der Waals surface area contributed by atoms with E-state index in [4.69, 9.17) is 0 Å². The average Bonchev–Trinajstić information content (AvgIpc) is 2.70. The molecule has 0 spiro atoms. The molecule has 1 N–H and O–H groups in total. The lowest BCUT2D eigenvalue weighted by molar-refractivity contribution is 0.102. The second-order valence-electron chi connectivity index (χ2n) is 6.24. The highest BCUT2D eigenvalue weighted by Crippen LogP contribution is 2.37. The maximum Gasteiger partial charge on any atom is 0.274 e. The molecule has 1 heterocycles. The zero-order valence-electron chi connectivity index (χ0n) is 14.8. The standard InChI is InChI=1S/C23H18N2OS/c1-16-11-13-18(14-12-16)27-21-10-5-7-17-6-4-9-19(22(17)21)25-23(26)20-8-2-3-15-24-20/h2-15H,1H3,(H,25,26). The summed E-state index contributed by atoms with van der Waals surface area (Å²) in [5, 5.41) is 5.15. The topological polar surface area (TPSA) is 42.0 Å². The van der Waals surface area contributed by atoms with E-state index in [-0.39, 0.29) is 5.91 Å². The van der Waals surface area contributed by atoms with Crippen LogP contribution in [0.4, 0.5) is 5.69 Å². The third-order valence-corrected chi connectivity index (χ3v) is 5.33. The number of anilines is 1. The van der Waals surface area contributed by atoms with Crippen LogP contribution in [0.1, 0.15) is 16.1 Å². The van der Waals surface area contributed by atoms with Crippen molar-refractivity contribution in [2.45, 2.75) is 16.7 Å². The monoisotopic (exact) mass is 370 g/mol. The lowest BCUT2D eigenvalue weighted by Gasteiger charge is -2.12. The number of pyridine rings is 1. The molecule has 0 aliphatic rings. The van der Waals surface area contributed by atoms with Crippen molar-refractivity contribution in [2.24, 2.45) is 0 Å². The number of benzene rings is 3. The highest BCUT2D eigenvalue weighted by atomic mass is 32.2. The summed E-state index contributed by atoms with van der Waals surface area (Å²) in [7, 11) is 0. The van der Waals surface area contributed by atoms with E-state index < -0.39 is 0 Å². The second kappa shape index (κ2) is 7.64. The van der Waals surface area contributed by atoms with Crippen molar-refractivity contribution in [2.75, 3.05) is 5.32 Å². The van der Waals surface area contributed by atoms with Crippen LogP contribution in [0.25, 0.3) is 10.8 Å². The lowest BCUT2D eigenvalue weighted by atomic mass is 10.1. The molecule has 0 atom stereocenters. The molecule has 1 aromatic heterocycles. The van der Waals surface area contributed by atoms with Crippen LogP contribution in [-0.2, 0) is 0 Å². The summed E-state index contributed by atoms with van der Waals surface area (Å²) >= 11 is 1.70. The van der Waals surface area contributed by atoms with Gasteiger partial charge in [-0.3, -0.25) is 9.78 Å². The summed E-state index contributed by atoms with van der Waals surface area (Å²) in [6, 6.07) is 25.9. The number of carbonyl (C=O) groups is 1. The molecule has 0 bridgehead atoms. The molecule has 0 fully saturated rings. The van der Waals surface area contributed by atoms with Crippen LogP contribution < -0.4 is 5.32 Å². The van der Waals surface area contributed by atoms with E-state index in [0.717, 1.165) is 21.4 Å². The van der Waals surface area contributed by atoms with Crippen LogP contribution in [0.5, 0.6) is 0 Å². The van der Waals surface area contributed by atoms with Crippen LogP contribution in [-0.4, -0.2) is 10.9 Å². The smallest absolute Gasteiger partial charge is 0.274 e. The largest absolute Gasteiger partial charge is 0.320 e. The van der Waals surface area contributed by atoms with E-state index in [0.29, 0.717) is 5.69 Å². The van der Waals surface area contributed by atoms with Crippen molar-refractivity contribution in [1.82, 2.24) is 4.98 Å². The molecule has 1 amide bonds. The Morgan fingerprint density at radius 3 is 2.41 bits per heavy atom. The van der Waals surface area contributed by atoms with Crippen LogP contribution >= 0.6 is 11.8 Å². The molecular formula is C23H18N2OS. The summed E-state index contributed by atoms with van der Waals surface area (Å²) in [4.78, 5) is 19.0. The third-order valence-electron chi connectivity index (χ3n) is 4.26. The zero-order valence-corrected chi connectivity index (χ0v) is 15.7. The van der Waals surface area contributed by atoms with Gasteiger partial charge in [0.1, 0.15) is 5.69 Å². The number of aryl methyl sites for hydroxylation is 1. The van der Waals surface area contributed by atoms with Crippen molar-refractivity contribution < 1.29 is 4.79 Å². The van der Waals surface area contributed by atoms with Crippen molar-refractivity contribution in [3.8, 4) is 0 Å². The lowest BCUT2D eigenvalue weighted by Crippen LogP contribution is -2.13. The minimum Gasteiger partial charge on any atom is -0.320 e. The van der Waals surface area contributed by atoms with E-state index in [1.807, 2.05) is 24.3 Å². The predicted molar refractivity (Wildman–Crippen MR) is 111 cm³/mol. The normalized spacial score (nSPS) is 10.7. The van der Waals surface area contributed by atoms with Gasteiger partial charge in [0.25, 0.3) is 5.91 Å². The Hall–Kier alpha value is -3.11. The summed E-state index contributed by atoms with van der Waals surface area (Å²) in [6.07, 6.45) is 1.62. The number of rotatable bonds is 4. The number of nitrogens with one attached hydrogen (secondary N) is 1. The molecule has 0 aliphatic heterocycles. The van der Waals surface area contributed by atoms with Crippen molar-refractivity contribution in [3.05, 3.63) is 96.3 Å². The number of hydrogen-bond donors (Lipinski definition) is 1. The van der Waals surface area contributed by atoms with Crippen LogP contribution in [0, 0.1) is 6.92 Å². The van der Waals surface area contributed by atoms with Gasteiger partial charge in [0.15, 0.2) is 0 Å². The fraction of sp³-hybridized carbons (Fsp3) is 0.0435.